The van der Waals surface area contributed by atoms with Crippen LogP contribution in [0.15, 0.2) is 36.4 Å². The fraction of sp³-hybridized carbons (Fsp3) is 0.389. The summed E-state index contributed by atoms with van der Waals surface area (Å²) in [6.45, 7) is 5.04. The fourth-order valence-electron chi connectivity index (χ4n) is 2.42. The first kappa shape index (κ1) is 14.1. The summed E-state index contributed by atoms with van der Waals surface area (Å²) in [6.07, 6.45) is 3.56. The lowest BCUT2D eigenvalue weighted by molar-refractivity contribution is 0.455. The van der Waals surface area contributed by atoms with Crippen molar-refractivity contribution in [1.82, 2.24) is 10.3 Å². The van der Waals surface area contributed by atoms with Crippen molar-refractivity contribution in [1.29, 1.82) is 0 Å². The highest BCUT2D eigenvalue weighted by Gasteiger charge is 2.20. The minimum absolute atomic E-state index is 0.684. The lowest BCUT2D eigenvalue weighted by Crippen LogP contribution is -2.15. The molecule has 0 atom stereocenters. The summed E-state index contributed by atoms with van der Waals surface area (Å²) < 4.78 is 6.01. The van der Waals surface area contributed by atoms with E-state index in [1.165, 1.54) is 24.0 Å². The number of nitrogens with one attached hydrogen (secondary N) is 1. The SMILES string of the molecule is CCc1ccccc1Oc1cc(CNC2CC2)cc(C)n1. The highest BCUT2D eigenvalue weighted by Crippen LogP contribution is 2.26. The summed E-state index contributed by atoms with van der Waals surface area (Å²) in [5.74, 6) is 1.59. The average molecular weight is 282 g/mol. The molecule has 0 radical (unpaired) electrons. The Bertz CT molecular complexity index is 620. The van der Waals surface area contributed by atoms with E-state index in [2.05, 4.69) is 29.4 Å². The molecule has 2 aromatic rings. The van der Waals surface area contributed by atoms with Crippen LogP contribution in [-0.2, 0) is 13.0 Å². The van der Waals surface area contributed by atoms with Gasteiger partial charge in [0.1, 0.15) is 5.75 Å². The number of ether oxygens (including phenoxy) is 1. The van der Waals surface area contributed by atoms with Crippen LogP contribution in [-0.4, -0.2) is 11.0 Å². The highest BCUT2D eigenvalue weighted by molar-refractivity contribution is 5.37. The number of hydrogen-bond acceptors (Lipinski definition) is 3. The molecule has 1 aliphatic carbocycles. The number of nitrogens with zero attached hydrogens (tertiary/aromatic N) is 1. The molecule has 3 nitrogen and oxygen atoms in total. The molecule has 1 aromatic heterocycles. The van der Waals surface area contributed by atoms with Gasteiger partial charge in [0.2, 0.25) is 5.88 Å². The van der Waals surface area contributed by atoms with E-state index in [4.69, 9.17) is 4.74 Å². The molecular weight excluding hydrogens is 260 g/mol. The first-order valence-corrected chi connectivity index (χ1v) is 7.71. The molecule has 3 rings (SSSR count). The quantitative estimate of drug-likeness (QED) is 0.869. The Morgan fingerprint density at radius 2 is 2.05 bits per heavy atom. The Balaban J connectivity index is 1.77. The first-order valence-electron chi connectivity index (χ1n) is 7.71. The van der Waals surface area contributed by atoms with Gasteiger partial charge < -0.3 is 10.1 Å². The van der Waals surface area contributed by atoms with Crippen molar-refractivity contribution in [2.24, 2.45) is 0 Å². The molecular formula is C18H22N2O. The number of pyridine rings is 1. The molecule has 1 aliphatic rings. The van der Waals surface area contributed by atoms with Crippen molar-refractivity contribution in [2.75, 3.05) is 0 Å². The molecule has 110 valence electrons. The van der Waals surface area contributed by atoms with Gasteiger partial charge in [-0.2, -0.15) is 0 Å². The van der Waals surface area contributed by atoms with Crippen molar-refractivity contribution < 1.29 is 4.74 Å². The third kappa shape index (κ3) is 3.82. The molecule has 21 heavy (non-hydrogen) atoms. The van der Waals surface area contributed by atoms with Crippen LogP contribution in [0.25, 0.3) is 0 Å². The lowest BCUT2D eigenvalue weighted by atomic mass is 10.1. The van der Waals surface area contributed by atoms with Crippen molar-refractivity contribution >= 4 is 0 Å². The van der Waals surface area contributed by atoms with Crippen molar-refractivity contribution in [3.05, 3.63) is 53.2 Å². The molecule has 1 saturated carbocycles. The first-order chi connectivity index (χ1) is 10.2. The maximum Gasteiger partial charge on any atom is 0.219 e. The molecule has 0 saturated heterocycles. The molecule has 0 unspecified atom stereocenters. The topological polar surface area (TPSA) is 34.1 Å². The van der Waals surface area contributed by atoms with Crippen LogP contribution in [0.1, 0.15) is 36.6 Å². The Morgan fingerprint density at radius 1 is 1.24 bits per heavy atom. The second kappa shape index (κ2) is 6.27. The van der Waals surface area contributed by atoms with Gasteiger partial charge in [-0.05, 0) is 49.4 Å². The summed E-state index contributed by atoms with van der Waals surface area (Å²) >= 11 is 0. The van der Waals surface area contributed by atoms with Crippen molar-refractivity contribution in [2.45, 2.75) is 45.7 Å². The predicted octanol–water partition coefficient (Wildman–Crippen LogP) is 4.00. The van der Waals surface area contributed by atoms with Gasteiger partial charge in [-0.15, -0.1) is 0 Å². The monoisotopic (exact) mass is 282 g/mol. The van der Waals surface area contributed by atoms with Crippen LogP contribution in [0, 0.1) is 6.92 Å². The van der Waals surface area contributed by atoms with Gasteiger partial charge in [-0.25, -0.2) is 4.98 Å². The largest absolute Gasteiger partial charge is 0.439 e. The summed E-state index contributed by atoms with van der Waals surface area (Å²) in [4.78, 5) is 4.50. The normalized spacial score (nSPS) is 14.2. The average Bonchev–Trinajstić information content (AvgIpc) is 3.29. The van der Waals surface area contributed by atoms with Crippen LogP contribution >= 0.6 is 0 Å². The van der Waals surface area contributed by atoms with Gasteiger partial charge in [-0.3, -0.25) is 0 Å². The standard InChI is InChI=1S/C18H22N2O/c1-3-15-6-4-5-7-17(15)21-18-11-14(10-13(2)20-18)12-19-16-8-9-16/h4-7,10-11,16,19H,3,8-9,12H2,1-2H3. The molecule has 1 heterocycles. The van der Waals surface area contributed by atoms with Crippen LogP contribution in [0.4, 0.5) is 0 Å². The second-order valence-corrected chi connectivity index (χ2v) is 5.67. The summed E-state index contributed by atoms with van der Waals surface area (Å²) in [6, 6.07) is 13.0. The number of hydrogen-bond donors (Lipinski definition) is 1. The van der Waals surface area contributed by atoms with E-state index in [-0.39, 0.29) is 0 Å². The maximum atomic E-state index is 6.01. The third-order valence-electron chi connectivity index (χ3n) is 3.73. The van der Waals surface area contributed by atoms with Gasteiger partial charge in [0, 0.05) is 24.3 Å². The van der Waals surface area contributed by atoms with Crippen molar-refractivity contribution in [3.8, 4) is 11.6 Å². The molecule has 0 bridgehead atoms. The number of aryl methyl sites for hydroxylation is 2. The fourth-order valence-corrected chi connectivity index (χ4v) is 2.42. The molecule has 0 amide bonds. The smallest absolute Gasteiger partial charge is 0.219 e. The van der Waals surface area contributed by atoms with E-state index in [1.54, 1.807) is 0 Å². The van der Waals surface area contributed by atoms with E-state index in [0.29, 0.717) is 11.9 Å². The molecule has 1 fully saturated rings. The van der Waals surface area contributed by atoms with Crippen LogP contribution in [0.3, 0.4) is 0 Å². The zero-order valence-electron chi connectivity index (χ0n) is 12.7. The van der Waals surface area contributed by atoms with Crippen molar-refractivity contribution in [3.63, 3.8) is 0 Å². The second-order valence-electron chi connectivity index (χ2n) is 5.67. The molecule has 0 spiro atoms. The van der Waals surface area contributed by atoms with Gasteiger partial charge >= 0.3 is 0 Å². The maximum absolute atomic E-state index is 6.01. The number of benzene rings is 1. The zero-order valence-corrected chi connectivity index (χ0v) is 12.7. The Labute approximate surface area is 126 Å². The van der Waals surface area contributed by atoms with Gasteiger partial charge in [0.15, 0.2) is 0 Å². The molecule has 0 aliphatic heterocycles. The van der Waals surface area contributed by atoms with E-state index in [9.17, 15) is 0 Å². The van der Waals surface area contributed by atoms with Gasteiger partial charge in [0.05, 0.1) is 0 Å². The Kier molecular flexibility index (Phi) is 4.20. The summed E-state index contributed by atoms with van der Waals surface area (Å²) in [5, 5.41) is 3.53. The third-order valence-corrected chi connectivity index (χ3v) is 3.73. The summed E-state index contributed by atoms with van der Waals surface area (Å²) in [5.41, 5.74) is 3.44. The zero-order chi connectivity index (χ0) is 14.7. The van der Waals surface area contributed by atoms with E-state index < -0.39 is 0 Å². The van der Waals surface area contributed by atoms with Gasteiger partial charge in [-0.1, -0.05) is 25.1 Å². The van der Waals surface area contributed by atoms with Gasteiger partial charge in [0.25, 0.3) is 0 Å². The Hall–Kier alpha value is -1.87. The van der Waals surface area contributed by atoms with E-state index in [0.717, 1.165) is 24.4 Å². The predicted molar refractivity (Wildman–Crippen MR) is 84.7 cm³/mol. The lowest BCUT2D eigenvalue weighted by Gasteiger charge is -2.11. The molecule has 1 N–H and O–H groups in total. The number of rotatable bonds is 6. The van der Waals surface area contributed by atoms with E-state index >= 15 is 0 Å². The minimum atomic E-state index is 0.684. The van der Waals surface area contributed by atoms with Crippen LogP contribution < -0.4 is 10.1 Å². The molecule has 3 heteroatoms. The minimum Gasteiger partial charge on any atom is -0.439 e. The highest BCUT2D eigenvalue weighted by atomic mass is 16.5. The summed E-state index contributed by atoms with van der Waals surface area (Å²) in [7, 11) is 0. The Morgan fingerprint density at radius 3 is 2.81 bits per heavy atom. The van der Waals surface area contributed by atoms with Crippen LogP contribution in [0.2, 0.25) is 0 Å². The number of aromatic nitrogens is 1. The molecule has 1 aromatic carbocycles. The van der Waals surface area contributed by atoms with Crippen LogP contribution in [0.5, 0.6) is 11.6 Å². The van der Waals surface area contributed by atoms with E-state index in [1.807, 2.05) is 31.2 Å². The number of para-hydroxylation sites is 1.